The maximum absolute atomic E-state index is 12.2. The standard InChI is InChI=1S/C17H19N3O2S/c1-11-8-14(19-22-11)17(21)18-9-15(20(2)3)13-10-23-16-7-5-4-6-12(13)16/h4-8,10,15H,9H2,1-3H3,(H,18,21). The second kappa shape index (κ2) is 6.52. The lowest BCUT2D eigenvalue weighted by Crippen LogP contribution is -2.34. The summed E-state index contributed by atoms with van der Waals surface area (Å²) >= 11 is 1.73. The normalized spacial score (nSPS) is 12.7. The molecule has 1 atom stereocenters. The average molecular weight is 329 g/mol. The number of aryl methyl sites for hydroxylation is 1. The van der Waals surface area contributed by atoms with Crippen LogP contribution in [0.1, 0.15) is 27.9 Å². The van der Waals surface area contributed by atoms with Crippen LogP contribution in [-0.2, 0) is 0 Å². The molecule has 2 aromatic heterocycles. The van der Waals surface area contributed by atoms with Gasteiger partial charge in [-0.25, -0.2) is 0 Å². The van der Waals surface area contributed by atoms with E-state index in [0.717, 1.165) is 0 Å². The van der Waals surface area contributed by atoms with Gasteiger partial charge in [-0.2, -0.15) is 0 Å². The molecule has 0 aliphatic rings. The van der Waals surface area contributed by atoms with E-state index < -0.39 is 0 Å². The van der Waals surface area contributed by atoms with Crippen molar-refractivity contribution in [3.05, 3.63) is 52.7 Å². The van der Waals surface area contributed by atoms with E-state index in [0.29, 0.717) is 18.0 Å². The molecule has 120 valence electrons. The summed E-state index contributed by atoms with van der Waals surface area (Å²) in [7, 11) is 4.03. The highest BCUT2D eigenvalue weighted by Crippen LogP contribution is 2.31. The van der Waals surface area contributed by atoms with Gasteiger partial charge in [0.2, 0.25) is 0 Å². The van der Waals surface area contributed by atoms with E-state index in [1.807, 2.05) is 26.2 Å². The van der Waals surface area contributed by atoms with Gasteiger partial charge in [0.15, 0.2) is 5.69 Å². The van der Waals surface area contributed by atoms with Crippen LogP contribution in [0.4, 0.5) is 0 Å². The number of thiophene rings is 1. The molecule has 0 saturated carbocycles. The van der Waals surface area contributed by atoms with E-state index >= 15 is 0 Å². The van der Waals surface area contributed by atoms with E-state index in [2.05, 4.69) is 32.9 Å². The van der Waals surface area contributed by atoms with E-state index in [1.165, 1.54) is 15.6 Å². The second-order valence-corrected chi connectivity index (χ2v) is 6.61. The molecule has 3 aromatic rings. The molecule has 0 saturated heterocycles. The molecular formula is C17H19N3O2S. The quantitative estimate of drug-likeness (QED) is 0.781. The highest BCUT2D eigenvalue weighted by atomic mass is 32.1. The van der Waals surface area contributed by atoms with Gasteiger partial charge >= 0.3 is 0 Å². The highest BCUT2D eigenvalue weighted by molar-refractivity contribution is 7.17. The lowest BCUT2D eigenvalue weighted by molar-refractivity contribution is 0.0933. The molecule has 1 amide bonds. The van der Waals surface area contributed by atoms with Crippen LogP contribution in [0.2, 0.25) is 0 Å². The van der Waals surface area contributed by atoms with Crippen molar-refractivity contribution in [2.24, 2.45) is 0 Å². The molecule has 0 bridgehead atoms. The SMILES string of the molecule is Cc1cc(C(=O)NCC(c2csc3ccccc23)N(C)C)no1. The molecule has 0 radical (unpaired) electrons. The zero-order valence-electron chi connectivity index (χ0n) is 13.4. The fourth-order valence-electron chi connectivity index (χ4n) is 2.58. The van der Waals surface area contributed by atoms with Gasteiger partial charge in [-0.05, 0) is 43.4 Å². The van der Waals surface area contributed by atoms with Crippen LogP contribution >= 0.6 is 11.3 Å². The second-order valence-electron chi connectivity index (χ2n) is 5.70. The Morgan fingerprint density at radius 1 is 1.39 bits per heavy atom. The van der Waals surface area contributed by atoms with Crippen molar-refractivity contribution >= 4 is 27.3 Å². The third-order valence-electron chi connectivity index (χ3n) is 3.81. The molecule has 2 heterocycles. The monoisotopic (exact) mass is 329 g/mol. The summed E-state index contributed by atoms with van der Waals surface area (Å²) in [6, 6.07) is 10.1. The molecule has 1 N–H and O–H groups in total. The molecule has 23 heavy (non-hydrogen) atoms. The Bertz CT molecular complexity index is 822. The Balaban J connectivity index is 1.78. The van der Waals surface area contributed by atoms with Crippen LogP contribution in [0.5, 0.6) is 0 Å². The molecule has 0 aliphatic heterocycles. The molecule has 1 aromatic carbocycles. The van der Waals surface area contributed by atoms with Gasteiger partial charge in [-0.3, -0.25) is 4.79 Å². The summed E-state index contributed by atoms with van der Waals surface area (Å²) in [5.74, 6) is 0.413. The zero-order valence-corrected chi connectivity index (χ0v) is 14.2. The number of carbonyl (C=O) groups is 1. The van der Waals surface area contributed by atoms with Gasteiger partial charge in [0, 0.05) is 17.3 Å². The first-order valence-electron chi connectivity index (χ1n) is 7.40. The minimum Gasteiger partial charge on any atom is -0.361 e. The maximum Gasteiger partial charge on any atom is 0.273 e. The number of benzene rings is 1. The Hall–Kier alpha value is -2.18. The summed E-state index contributed by atoms with van der Waals surface area (Å²) in [5, 5.41) is 10.1. The number of rotatable bonds is 5. The molecule has 5 nitrogen and oxygen atoms in total. The molecule has 0 spiro atoms. The van der Waals surface area contributed by atoms with E-state index in [9.17, 15) is 4.79 Å². The number of fused-ring (bicyclic) bond motifs is 1. The third-order valence-corrected chi connectivity index (χ3v) is 4.79. The van der Waals surface area contributed by atoms with Crippen LogP contribution in [0.15, 0.2) is 40.2 Å². The van der Waals surface area contributed by atoms with Crippen molar-refractivity contribution in [3.63, 3.8) is 0 Å². The number of hydrogen-bond acceptors (Lipinski definition) is 5. The Morgan fingerprint density at radius 2 is 2.17 bits per heavy atom. The number of likely N-dealkylation sites (N-methyl/N-ethyl adjacent to an activating group) is 1. The average Bonchev–Trinajstić information content (AvgIpc) is 3.14. The van der Waals surface area contributed by atoms with Crippen molar-refractivity contribution < 1.29 is 9.32 Å². The van der Waals surface area contributed by atoms with Gasteiger partial charge in [0.1, 0.15) is 5.76 Å². The molecule has 3 rings (SSSR count). The van der Waals surface area contributed by atoms with Crippen molar-refractivity contribution in [2.75, 3.05) is 20.6 Å². The third kappa shape index (κ3) is 3.28. The predicted molar refractivity (Wildman–Crippen MR) is 91.8 cm³/mol. The Labute approximate surface area is 138 Å². The first-order valence-corrected chi connectivity index (χ1v) is 8.28. The topological polar surface area (TPSA) is 58.4 Å². The Kier molecular flexibility index (Phi) is 4.45. The molecule has 1 unspecified atom stereocenters. The van der Waals surface area contributed by atoms with Crippen LogP contribution in [0.3, 0.4) is 0 Å². The predicted octanol–water partition coefficient (Wildman–Crippen LogP) is 3.23. The lowest BCUT2D eigenvalue weighted by atomic mass is 10.0. The van der Waals surface area contributed by atoms with Crippen molar-refractivity contribution in [3.8, 4) is 0 Å². The molecule has 6 heteroatoms. The zero-order chi connectivity index (χ0) is 16.4. The van der Waals surface area contributed by atoms with Crippen molar-refractivity contribution in [2.45, 2.75) is 13.0 Å². The summed E-state index contributed by atoms with van der Waals surface area (Å²) in [6.45, 7) is 2.28. The number of nitrogens with zero attached hydrogens (tertiary/aromatic N) is 2. The summed E-state index contributed by atoms with van der Waals surface area (Å²) in [4.78, 5) is 14.3. The van der Waals surface area contributed by atoms with Crippen LogP contribution in [-0.4, -0.2) is 36.6 Å². The summed E-state index contributed by atoms with van der Waals surface area (Å²) in [5.41, 5.74) is 1.54. The van der Waals surface area contributed by atoms with Crippen LogP contribution in [0.25, 0.3) is 10.1 Å². The Morgan fingerprint density at radius 3 is 2.87 bits per heavy atom. The van der Waals surface area contributed by atoms with Crippen molar-refractivity contribution in [1.82, 2.24) is 15.4 Å². The smallest absolute Gasteiger partial charge is 0.273 e. The van der Waals surface area contributed by atoms with E-state index in [1.54, 1.807) is 24.3 Å². The number of amides is 1. The fraction of sp³-hybridized carbons (Fsp3) is 0.294. The minimum atomic E-state index is -0.215. The van der Waals surface area contributed by atoms with Crippen molar-refractivity contribution in [1.29, 1.82) is 0 Å². The lowest BCUT2D eigenvalue weighted by Gasteiger charge is -2.24. The maximum atomic E-state index is 12.2. The first-order chi connectivity index (χ1) is 11.1. The van der Waals surface area contributed by atoms with Gasteiger partial charge in [0.05, 0.1) is 6.04 Å². The molecule has 0 fully saturated rings. The van der Waals surface area contributed by atoms with Gasteiger partial charge < -0.3 is 14.7 Å². The van der Waals surface area contributed by atoms with Crippen LogP contribution in [0, 0.1) is 6.92 Å². The summed E-state index contributed by atoms with van der Waals surface area (Å²) in [6.07, 6.45) is 0. The molecule has 0 aliphatic carbocycles. The number of aromatic nitrogens is 1. The highest BCUT2D eigenvalue weighted by Gasteiger charge is 2.20. The summed E-state index contributed by atoms with van der Waals surface area (Å²) < 4.78 is 6.21. The van der Waals surface area contributed by atoms with Gasteiger partial charge in [-0.1, -0.05) is 23.4 Å². The van der Waals surface area contributed by atoms with Gasteiger partial charge in [0.25, 0.3) is 5.91 Å². The van der Waals surface area contributed by atoms with E-state index in [-0.39, 0.29) is 11.9 Å². The largest absolute Gasteiger partial charge is 0.361 e. The molecular weight excluding hydrogens is 310 g/mol. The fourth-order valence-corrected chi connectivity index (χ4v) is 3.59. The first kappa shape index (κ1) is 15.7. The van der Waals surface area contributed by atoms with E-state index in [4.69, 9.17) is 4.52 Å². The minimum absolute atomic E-state index is 0.100. The number of hydrogen-bond donors (Lipinski definition) is 1. The van der Waals surface area contributed by atoms with Gasteiger partial charge in [-0.15, -0.1) is 11.3 Å². The number of nitrogens with one attached hydrogen (secondary N) is 1. The van der Waals surface area contributed by atoms with Crippen LogP contribution < -0.4 is 5.32 Å². The number of carbonyl (C=O) groups excluding carboxylic acids is 1.